The second-order valence-electron chi connectivity index (χ2n) is 5.24. The molecule has 0 aliphatic heterocycles. The number of nitrogens with two attached hydrogens (primary N) is 1. The van der Waals surface area contributed by atoms with Gasteiger partial charge in [-0.05, 0) is 42.9 Å². The lowest BCUT2D eigenvalue weighted by atomic mass is 9.83. The Labute approximate surface area is 109 Å². The highest BCUT2D eigenvalue weighted by molar-refractivity contribution is 6.31. The minimum atomic E-state index is 0.735. The highest BCUT2D eigenvalue weighted by atomic mass is 35.5. The molecule has 1 aliphatic rings. The molecule has 0 amide bonds. The Bertz CT molecular complexity index is 370. The summed E-state index contributed by atoms with van der Waals surface area (Å²) in [5, 5.41) is 4.16. The SMILES string of the molecule is CC1CCC(CNc2cc(Cl)ccc2N)CC1. The normalized spacial score (nSPS) is 24.6. The van der Waals surface area contributed by atoms with E-state index in [9.17, 15) is 0 Å². The van der Waals surface area contributed by atoms with Crippen molar-refractivity contribution in [1.82, 2.24) is 0 Å². The Morgan fingerprint density at radius 2 is 2.00 bits per heavy atom. The first-order valence-electron chi connectivity index (χ1n) is 6.44. The van der Waals surface area contributed by atoms with Crippen LogP contribution in [-0.2, 0) is 0 Å². The molecule has 0 saturated heterocycles. The number of halogens is 1. The van der Waals surface area contributed by atoms with Crippen molar-refractivity contribution >= 4 is 23.0 Å². The molecule has 0 bridgehead atoms. The summed E-state index contributed by atoms with van der Waals surface area (Å²) in [5.41, 5.74) is 7.65. The lowest BCUT2D eigenvalue weighted by Crippen LogP contribution is -2.20. The van der Waals surface area contributed by atoms with E-state index in [4.69, 9.17) is 17.3 Å². The van der Waals surface area contributed by atoms with Crippen molar-refractivity contribution < 1.29 is 0 Å². The lowest BCUT2D eigenvalue weighted by molar-refractivity contribution is 0.300. The molecule has 0 atom stereocenters. The number of nitrogens with one attached hydrogen (secondary N) is 1. The third-order valence-corrected chi connectivity index (χ3v) is 3.97. The molecule has 1 aliphatic carbocycles. The maximum atomic E-state index is 5.96. The van der Waals surface area contributed by atoms with E-state index in [0.29, 0.717) is 0 Å². The molecule has 1 fully saturated rings. The summed E-state index contributed by atoms with van der Waals surface area (Å²) in [7, 11) is 0. The Morgan fingerprint density at radius 1 is 1.29 bits per heavy atom. The highest BCUT2D eigenvalue weighted by Crippen LogP contribution is 2.29. The minimum absolute atomic E-state index is 0.735. The van der Waals surface area contributed by atoms with Gasteiger partial charge >= 0.3 is 0 Å². The number of nitrogen functional groups attached to an aromatic ring is 1. The summed E-state index contributed by atoms with van der Waals surface area (Å²) < 4.78 is 0. The zero-order chi connectivity index (χ0) is 12.3. The second-order valence-corrected chi connectivity index (χ2v) is 5.67. The van der Waals surface area contributed by atoms with Gasteiger partial charge in [0, 0.05) is 11.6 Å². The van der Waals surface area contributed by atoms with E-state index in [1.165, 1.54) is 25.7 Å². The third-order valence-electron chi connectivity index (χ3n) is 3.73. The topological polar surface area (TPSA) is 38.0 Å². The summed E-state index contributed by atoms with van der Waals surface area (Å²) in [6, 6.07) is 5.58. The molecular weight excluding hydrogens is 232 g/mol. The molecular formula is C14H21ClN2. The molecule has 1 aromatic rings. The first kappa shape index (κ1) is 12.6. The lowest BCUT2D eigenvalue weighted by Gasteiger charge is -2.26. The number of hydrogen-bond donors (Lipinski definition) is 2. The predicted octanol–water partition coefficient (Wildman–Crippen LogP) is 4.16. The summed E-state index contributed by atoms with van der Waals surface area (Å²) in [5.74, 6) is 1.69. The van der Waals surface area contributed by atoms with Crippen molar-refractivity contribution in [2.24, 2.45) is 11.8 Å². The van der Waals surface area contributed by atoms with Gasteiger partial charge in [-0.3, -0.25) is 0 Å². The maximum absolute atomic E-state index is 5.96. The summed E-state index contributed by atoms with van der Waals surface area (Å²) >= 11 is 5.96. The fourth-order valence-electron chi connectivity index (χ4n) is 2.47. The quantitative estimate of drug-likeness (QED) is 0.793. The Hall–Kier alpha value is -0.890. The van der Waals surface area contributed by atoms with Gasteiger partial charge in [0.2, 0.25) is 0 Å². The largest absolute Gasteiger partial charge is 0.397 e. The van der Waals surface area contributed by atoms with Gasteiger partial charge in [0.25, 0.3) is 0 Å². The molecule has 94 valence electrons. The van der Waals surface area contributed by atoms with Crippen LogP contribution in [0.4, 0.5) is 11.4 Å². The van der Waals surface area contributed by atoms with Crippen LogP contribution < -0.4 is 11.1 Å². The zero-order valence-electron chi connectivity index (χ0n) is 10.4. The second kappa shape index (κ2) is 5.63. The third kappa shape index (κ3) is 3.53. The van der Waals surface area contributed by atoms with Crippen molar-refractivity contribution in [3.05, 3.63) is 23.2 Å². The van der Waals surface area contributed by atoms with Gasteiger partial charge in [0.15, 0.2) is 0 Å². The van der Waals surface area contributed by atoms with Crippen LogP contribution in [0, 0.1) is 11.8 Å². The van der Waals surface area contributed by atoms with Gasteiger partial charge in [-0.15, -0.1) is 0 Å². The number of rotatable bonds is 3. The van der Waals surface area contributed by atoms with Gasteiger partial charge in [-0.2, -0.15) is 0 Å². The number of anilines is 2. The van der Waals surface area contributed by atoms with Crippen LogP contribution in [0.3, 0.4) is 0 Å². The van der Waals surface area contributed by atoms with E-state index in [0.717, 1.165) is 34.8 Å². The fraction of sp³-hybridized carbons (Fsp3) is 0.571. The molecule has 0 aromatic heterocycles. The van der Waals surface area contributed by atoms with Crippen LogP contribution in [0.2, 0.25) is 5.02 Å². The molecule has 1 saturated carbocycles. The van der Waals surface area contributed by atoms with E-state index < -0.39 is 0 Å². The average Bonchev–Trinajstić information content (AvgIpc) is 2.32. The van der Waals surface area contributed by atoms with Crippen LogP contribution in [-0.4, -0.2) is 6.54 Å². The van der Waals surface area contributed by atoms with Gasteiger partial charge in [-0.25, -0.2) is 0 Å². The van der Waals surface area contributed by atoms with E-state index in [1.54, 1.807) is 0 Å². The van der Waals surface area contributed by atoms with E-state index in [1.807, 2.05) is 18.2 Å². The standard InChI is InChI=1S/C14H21ClN2/c1-10-2-4-11(5-3-10)9-17-14-8-12(15)6-7-13(14)16/h6-8,10-11,17H,2-5,9,16H2,1H3. The van der Waals surface area contributed by atoms with Crippen LogP contribution in [0.1, 0.15) is 32.6 Å². The molecule has 0 spiro atoms. The molecule has 2 rings (SSSR count). The first-order valence-corrected chi connectivity index (χ1v) is 6.82. The van der Waals surface area contributed by atoms with Crippen molar-refractivity contribution in [2.45, 2.75) is 32.6 Å². The van der Waals surface area contributed by atoms with Crippen molar-refractivity contribution in [2.75, 3.05) is 17.6 Å². The monoisotopic (exact) mass is 252 g/mol. The molecule has 0 heterocycles. The van der Waals surface area contributed by atoms with E-state index in [2.05, 4.69) is 12.2 Å². The van der Waals surface area contributed by atoms with Crippen LogP contribution in [0.15, 0.2) is 18.2 Å². The average molecular weight is 253 g/mol. The highest BCUT2D eigenvalue weighted by Gasteiger charge is 2.17. The van der Waals surface area contributed by atoms with Crippen molar-refractivity contribution in [3.8, 4) is 0 Å². The first-order chi connectivity index (χ1) is 8.15. The van der Waals surface area contributed by atoms with Gasteiger partial charge < -0.3 is 11.1 Å². The van der Waals surface area contributed by atoms with Crippen molar-refractivity contribution in [3.63, 3.8) is 0 Å². The van der Waals surface area contributed by atoms with Gasteiger partial charge in [-0.1, -0.05) is 31.4 Å². The fourth-order valence-corrected chi connectivity index (χ4v) is 2.64. The molecule has 2 nitrogen and oxygen atoms in total. The molecule has 3 heteroatoms. The summed E-state index contributed by atoms with van der Waals surface area (Å²) in [6.45, 7) is 3.36. The van der Waals surface area contributed by atoms with Crippen LogP contribution >= 0.6 is 11.6 Å². The smallest absolute Gasteiger partial charge is 0.0588 e. The number of hydrogen-bond acceptors (Lipinski definition) is 2. The van der Waals surface area contributed by atoms with E-state index >= 15 is 0 Å². The Balaban J connectivity index is 1.87. The molecule has 17 heavy (non-hydrogen) atoms. The maximum Gasteiger partial charge on any atom is 0.0588 e. The van der Waals surface area contributed by atoms with Gasteiger partial charge in [0.05, 0.1) is 11.4 Å². The van der Waals surface area contributed by atoms with Crippen molar-refractivity contribution in [1.29, 1.82) is 0 Å². The molecule has 3 N–H and O–H groups in total. The molecule has 0 unspecified atom stereocenters. The zero-order valence-corrected chi connectivity index (χ0v) is 11.1. The van der Waals surface area contributed by atoms with E-state index in [-0.39, 0.29) is 0 Å². The minimum Gasteiger partial charge on any atom is -0.397 e. The van der Waals surface area contributed by atoms with Gasteiger partial charge in [0.1, 0.15) is 0 Å². The van der Waals surface area contributed by atoms with Crippen LogP contribution in [0.5, 0.6) is 0 Å². The Morgan fingerprint density at radius 3 is 2.71 bits per heavy atom. The summed E-state index contributed by atoms with van der Waals surface area (Å²) in [6.07, 6.45) is 5.37. The number of benzene rings is 1. The molecule has 1 aromatic carbocycles. The summed E-state index contributed by atoms with van der Waals surface area (Å²) in [4.78, 5) is 0. The van der Waals surface area contributed by atoms with Crippen LogP contribution in [0.25, 0.3) is 0 Å². The predicted molar refractivity (Wildman–Crippen MR) is 75.5 cm³/mol. The Kier molecular flexibility index (Phi) is 4.16. The molecule has 0 radical (unpaired) electrons.